The molecule has 120 valence electrons. The van der Waals surface area contributed by atoms with E-state index in [2.05, 4.69) is 24.0 Å². The van der Waals surface area contributed by atoms with Gasteiger partial charge in [0.1, 0.15) is 30.2 Å². The van der Waals surface area contributed by atoms with Gasteiger partial charge in [0, 0.05) is 13.0 Å². The average molecular weight is 311 g/mol. The summed E-state index contributed by atoms with van der Waals surface area (Å²) < 4.78 is 17.2. The van der Waals surface area contributed by atoms with E-state index in [0.717, 1.165) is 33.7 Å². The van der Waals surface area contributed by atoms with Crippen molar-refractivity contribution in [3.63, 3.8) is 0 Å². The van der Waals surface area contributed by atoms with Crippen molar-refractivity contribution >= 4 is 11.1 Å². The topological polar surface area (TPSA) is 44.5 Å². The number of hydrogen-bond acceptors (Lipinski definition) is 4. The van der Waals surface area contributed by atoms with Crippen LogP contribution in [0.4, 0.5) is 0 Å². The van der Waals surface area contributed by atoms with Gasteiger partial charge in [-0.15, -0.1) is 0 Å². The standard InChI is InChI=1S/C19H21NO3/c1-12-5-6-13(2)17(9-12)21-7-8-22-18-11-16-19(10-14(18)3)23-15(4)20-16/h5-6,9-11H,7-8H2,1-4H3. The Morgan fingerprint density at radius 3 is 2.30 bits per heavy atom. The van der Waals surface area contributed by atoms with E-state index >= 15 is 0 Å². The molecule has 0 aliphatic carbocycles. The summed E-state index contributed by atoms with van der Waals surface area (Å²) in [5.74, 6) is 2.39. The van der Waals surface area contributed by atoms with Crippen LogP contribution in [0.3, 0.4) is 0 Å². The number of nitrogens with zero attached hydrogens (tertiary/aromatic N) is 1. The maximum Gasteiger partial charge on any atom is 0.192 e. The minimum atomic E-state index is 0.483. The monoisotopic (exact) mass is 311 g/mol. The Kier molecular flexibility index (Phi) is 4.24. The van der Waals surface area contributed by atoms with E-state index in [1.807, 2.05) is 39.0 Å². The van der Waals surface area contributed by atoms with Crippen molar-refractivity contribution in [3.8, 4) is 11.5 Å². The smallest absolute Gasteiger partial charge is 0.192 e. The predicted molar refractivity (Wildman–Crippen MR) is 90.4 cm³/mol. The van der Waals surface area contributed by atoms with E-state index in [-0.39, 0.29) is 0 Å². The molecule has 0 spiro atoms. The van der Waals surface area contributed by atoms with Crippen LogP contribution in [-0.2, 0) is 0 Å². The van der Waals surface area contributed by atoms with E-state index in [1.165, 1.54) is 5.56 Å². The highest BCUT2D eigenvalue weighted by molar-refractivity contribution is 5.76. The van der Waals surface area contributed by atoms with Crippen molar-refractivity contribution in [1.29, 1.82) is 0 Å². The number of hydrogen-bond donors (Lipinski definition) is 0. The Hall–Kier alpha value is -2.49. The van der Waals surface area contributed by atoms with Crippen LogP contribution in [0.1, 0.15) is 22.6 Å². The van der Waals surface area contributed by atoms with Crippen LogP contribution < -0.4 is 9.47 Å². The zero-order chi connectivity index (χ0) is 16.4. The van der Waals surface area contributed by atoms with Gasteiger partial charge in [0.2, 0.25) is 0 Å². The lowest BCUT2D eigenvalue weighted by Crippen LogP contribution is -2.10. The van der Waals surface area contributed by atoms with Crippen molar-refractivity contribution in [2.75, 3.05) is 13.2 Å². The highest BCUT2D eigenvalue weighted by Crippen LogP contribution is 2.26. The number of ether oxygens (including phenoxy) is 2. The molecule has 1 aromatic heterocycles. The zero-order valence-corrected chi connectivity index (χ0v) is 14.0. The summed E-state index contributed by atoms with van der Waals surface area (Å²) in [5.41, 5.74) is 4.96. The normalized spacial score (nSPS) is 11.0. The third-order valence-electron chi connectivity index (χ3n) is 3.73. The molecule has 3 rings (SSSR count). The number of benzene rings is 2. The van der Waals surface area contributed by atoms with E-state index in [0.29, 0.717) is 19.1 Å². The van der Waals surface area contributed by atoms with Crippen molar-refractivity contribution in [2.45, 2.75) is 27.7 Å². The highest BCUT2D eigenvalue weighted by Gasteiger charge is 2.08. The number of aryl methyl sites for hydroxylation is 4. The van der Waals surface area contributed by atoms with Crippen LogP contribution in [-0.4, -0.2) is 18.2 Å². The Morgan fingerprint density at radius 1 is 0.870 bits per heavy atom. The zero-order valence-electron chi connectivity index (χ0n) is 14.0. The number of rotatable bonds is 5. The predicted octanol–water partition coefficient (Wildman–Crippen LogP) is 4.52. The maximum absolute atomic E-state index is 5.84. The molecule has 0 aliphatic heterocycles. The van der Waals surface area contributed by atoms with Gasteiger partial charge in [-0.2, -0.15) is 0 Å². The summed E-state index contributed by atoms with van der Waals surface area (Å²) in [6.07, 6.45) is 0. The summed E-state index contributed by atoms with van der Waals surface area (Å²) >= 11 is 0. The number of aromatic nitrogens is 1. The summed E-state index contributed by atoms with van der Waals surface area (Å²) in [6, 6.07) is 10.1. The van der Waals surface area contributed by atoms with Gasteiger partial charge in [-0.3, -0.25) is 0 Å². The molecule has 0 bridgehead atoms. The van der Waals surface area contributed by atoms with Crippen molar-refractivity contribution in [2.24, 2.45) is 0 Å². The molecule has 0 N–H and O–H groups in total. The van der Waals surface area contributed by atoms with Gasteiger partial charge < -0.3 is 13.9 Å². The second kappa shape index (κ2) is 6.32. The molecule has 0 atom stereocenters. The third kappa shape index (κ3) is 3.47. The lowest BCUT2D eigenvalue weighted by atomic mass is 10.1. The number of oxazole rings is 1. The number of fused-ring (bicyclic) bond motifs is 1. The van der Waals surface area contributed by atoms with Crippen LogP contribution >= 0.6 is 0 Å². The molecule has 4 nitrogen and oxygen atoms in total. The van der Waals surface area contributed by atoms with Crippen molar-refractivity contribution in [3.05, 3.63) is 52.9 Å². The molecule has 23 heavy (non-hydrogen) atoms. The fraction of sp³-hybridized carbons (Fsp3) is 0.316. The van der Waals surface area contributed by atoms with E-state index in [4.69, 9.17) is 13.9 Å². The first kappa shape index (κ1) is 15.4. The lowest BCUT2D eigenvalue weighted by molar-refractivity contribution is 0.215. The molecule has 4 heteroatoms. The first-order valence-corrected chi connectivity index (χ1v) is 7.73. The van der Waals surface area contributed by atoms with Crippen LogP contribution in [0.15, 0.2) is 34.7 Å². The largest absolute Gasteiger partial charge is 0.490 e. The minimum absolute atomic E-state index is 0.483. The fourth-order valence-corrected chi connectivity index (χ4v) is 2.49. The minimum Gasteiger partial charge on any atom is -0.490 e. The van der Waals surface area contributed by atoms with Gasteiger partial charge >= 0.3 is 0 Å². The van der Waals surface area contributed by atoms with Gasteiger partial charge in [0.25, 0.3) is 0 Å². The summed E-state index contributed by atoms with van der Waals surface area (Å²) in [4.78, 5) is 4.33. The Labute approximate surface area is 136 Å². The summed E-state index contributed by atoms with van der Waals surface area (Å²) in [7, 11) is 0. The van der Waals surface area contributed by atoms with Crippen molar-refractivity contribution in [1.82, 2.24) is 4.98 Å². The van der Waals surface area contributed by atoms with Gasteiger partial charge in [0.05, 0.1) is 0 Å². The van der Waals surface area contributed by atoms with Crippen molar-refractivity contribution < 1.29 is 13.9 Å². The molecule has 3 aromatic rings. The quantitative estimate of drug-likeness (QED) is 0.650. The molecule has 1 heterocycles. The van der Waals surface area contributed by atoms with Crippen LogP contribution in [0.5, 0.6) is 11.5 Å². The molecule has 0 saturated heterocycles. The van der Waals surface area contributed by atoms with Gasteiger partial charge in [-0.25, -0.2) is 4.98 Å². The van der Waals surface area contributed by atoms with Gasteiger partial charge in [0.15, 0.2) is 11.5 Å². The van der Waals surface area contributed by atoms with E-state index in [9.17, 15) is 0 Å². The Balaban J connectivity index is 1.62. The van der Waals surface area contributed by atoms with Gasteiger partial charge in [-0.05, 0) is 49.6 Å². The van der Waals surface area contributed by atoms with Crippen LogP contribution in [0, 0.1) is 27.7 Å². The summed E-state index contributed by atoms with van der Waals surface area (Å²) in [6.45, 7) is 8.92. The van der Waals surface area contributed by atoms with Gasteiger partial charge in [-0.1, -0.05) is 12.1 Å². The average Bonchev–Trinajstić information content (AvgIpc) is 2.86. The highest BCUT2D eigenvalue weighted by atomic mass is 16.5. The molecule has 0 amide bonds. The molecular formula is C19H21NO3. The molecule has 0 radical (unpaired) electrons. The second-order valence-corrected chi connectivity index (χ2v) is 5.78. The molecule has 0 aliphatic rings. The first-order chi connectivity index (χ1) is 11.0. The lowest BCUT2D eigenvalue weighted by Gasteiger charge is -2.12. The second-order valence-electron chi connectivity index (χ2n) is 5.78. The van der Waals surface area contributed by atoms with E-state index < -0.39 is 0 Å². The SMILES string of the molecule is Cc1ccc(C)c(OCCOc2cc3nc(C)oc3cc2C)c1. The molecule has 0 unspecified atom stereocenters. The fourth-order valence-electron chi connectivity index (χ4n) is 2.49. The molecule has 0 fully saturated rings. The van der Waals surface area contributed by atoms with Crippen LogP contribution in [0.25, 0.3) is 11.1 Å². The molecule has 0 saturated carbocycles. The first-order valence-electron chi connectivity index (χ1n) is 7.73. The molecule has 2 aromatic carbocycles. The third-order valence-corrected chi connectivity index (χ3v) is 3.73. The van der Waals surface area contributed by atoms with E-state index in [1.54, 1.807) is 0 Å². The Morgan fingerprint density at radius 2 is 1.57 bits per heavy atom. The Bertz CT molecular complexity index is 836. The molecular weight excluding hydrogens is 290 g/mol. The maximum atomic E-state index is 5.84. The van der Waals surface area contributed by atoms with Crippen LogP contribution in [0.2, 0.25) is 0 Å². The summed E-state index contributed by atoms with van der Waals surface area (Å²) in [5, 5.41) is 0.